The molecule has 8 rings (SSSR count). The minimum Gasteiger partial charge on any atom is -0.493 e. The molecule has 3 fully saturated rings. The Balaban J connectivity index is 1.36. The summed E-state index contributed by atoms with van der Waals surface area (Å²) in [6.07, 6.45) is 2.09. The number of methoxy groups -OCH3 is 1. The summed E-state index contributed by atoms with van der Waals surface area (Å²) in [6.45, 7) is 10.7. The molecule has 1 unspecified atom stereocenters. The summed E-state index contributed by atoms with van der Waals surface area (Å²) >= 11 is 1.52. The van der Waals surface area contributed by atoms with Gasteiger partial charge in [0, 0.05) is 47.5 Å². The summed E-state index contributed by atoms with van der Waals surface area (Å²) in [4.78, 5) is 56.2. The summed E-state index contributed by atoms with van der Waals surface area (Å²) in [5.41, 5.74) is 3.45. The van der Waals surface area contributed by atoms with Crippen LogP contribution in [0.25, 0.3) is 0 Å². The van der Waals surface area contributed by atoms with Crippen LogP contribution in [-0.4, -0.2) is 103 Å². The molecule has 52 heavy (non-hydrogen) atoms. The molecule has 2 aromatic rings. The SMILES string of the molecule is C=CCOC(=O)N[C@H]1CS[C@H]2[C@H]3[C@H]4c5c(cc(C)c(OC)c5OCC=O)C[C@@H]([C@H](C)N3[C@H]3c5c6c(c(C)c(OC(C)=O)c5C32OC1=O)OCO6)N4C. The molecule has 8 atom stereocenters. The summed E-state index contributed by atoms with van der Waals surface area (Å²) in [6, 6.07) is -0.0718. The van der Waals surface area contributed by atoms with E-state index >= 15 is 0 Å². The number of aldehydes is 1. The molecule has 1 amide bonds. The molecule has 1 spiro atoms. The maximum Gasteiger partial charge on any atom is 0.408 e. The quantitative estimate of drug-likeness (QED) is 0.183. The number of nitrogens with one attached hydrogen (secondary N) is 1. The highest BCUT2D eigenvalue weighted by Crippen LogP contribution is 2.75. The van der Waals surface area contributed by atoms with Crippen LogP contribution in [0.5, 0.6) is 28.7 Å². The van der Waals surface area contributed by atoms with E-state index in [-0.39, 0.29) is 55.7 Å². The first kappa shape index (κ1) is 34.6. The van der Waals surface area contributed by atoms with Crippen molar-refractivity contribution in [2.45, 2.75) is 81.2 Å². The number of aryl methyl sites for hydroxylation is 1. The molecule has 6 aliphatic rings. The molecule has 5 aliphatic heterocycles. The summed E-state index contributed by atoms with van der Waals surface area (Å²) in [5, 5.41) is 2.24. The lowest BCUT2D eigenvalue weighted by Crippen LogP contribution is -2.65. The standard InChI is InChI=1S/C37H41N3O11S/c1-8-10-47-36(44)38-21-14-52-34-27-26-23-20(12-16(2)28(45-7)31(23)46-11-9-41)13-22(39(26)6)18(4)40(27)33-24-25(37(33,34)51-35(21)43)29(50-19(5)42)17(3)30-32(24)49-15-48-30/h8-9,12,18,21-22,26-27,33-34H,1,10-11,13-15H2,2-7H3,(H,38,44)/t18-,21-,22-,26+,27+,33-,34-,37?/m0/s1. The monoisotopic (exact) mass is 735 g/mol. The van der Waals surface area contributed by atoms with Gasteiger partial charge in [0.25, 0.3) is 0 Å². The Morgan fingerprint density at radius 2 is 1.92 bits per heavy atom. The van der Waals surface area contributed by atoms with E-state index in [1.54, 1.807) is 14.0 Å². The minimum atomic E-state index is -1.33. The Labute approximate surface area is 305 Å². The highest BCUT2D eigenvalue weighted by atomic mass is 32.2. The molecule has 1 aliphatic carbocycles. The number of alkyl carbamates (subject to hydrolysis) is 1. The number of esters is 2. The smallest absolute Gasteiger partial charge is 0.408 e. The first-order chi connectivity index (χ1) is 25.0. The Hall–Kier alpha value is -4.47. The van der Waals surface area contributed by atoms with E-state index in [1.165, 1.54) is 24.8 Å². The first-order valence-corrected chi connectivity index (χ1v) is 18.3. The predicted octanol–water partition coefficient (Wildman–Crippen LogP) is 3.42. The topological polar surface area (TPSA) is 151 Å². The van der Waals surface area contributed by atoms with Gasteiger partial charge in [0.2, 0.25) is 6.79 Å². The number of carbonyl (C=O) groups is 4. The lowest BCUT2D eigenvalue weighted by Gasteiger charge is -2.58. The normalized spacial score (nSPS) is 30.5. The lowest BCUT2D eigenvalue weighted by atomic mass is 9.66. The van der Waals surface area contributed by atoms with Gasteiger partial charge in [0.05, 0.1) is 30.0 Å². The third-order valence-corrected chi connectivity index (χ3v) is 12.9. The Kier molecular flexibility index (Phi) is 8.38. The molecule has 0 saturated carbocycles. The number of rotatable bonds is 8. The number of nitrogens with zero attached hydrogens (tertiary/aromatic N) is 2. The van der Waals surface area contributed by atoms with Crippen molar-refractivity contribution < 1.29 is 52.3 Å². The van der Waals surface area contributed by atoms with Crippen LogP contribution < -0.4 is 29.0 Å². The molecular weight excluding hydrogens is 694 g/mol. The van der Waals surface area contributed by atoms with Crippen LogP contribution in [0.4, 0.5) is 4.79 Å². The maximum absolute atomic E-state index is 14.3. The number of benzene rings is 2. The molecule has 14 nitrogen and oxygen atoms in total. The van der Waals surface area contributed by atoms with E-state index in [4.69, 9.17) is 33.2 Å². The van der Waals surface area contributed by atoms with E-state index in [0.29, 0.717) is 40.5 Å². The van der Waals surface area contributed by atoms with Crippen molar-refractivity contribution >= 4 is 36.1 Å². The number of ether oxygens (including phenoxy) is 7. The van der Waals surface area contributed by atoms with Crippen LogP contribution in [0.1, 0.15) is 59.3 Å². The van der Waals surface area contributed by atoms with Gasteiger partial charge in [0.1, 0.15) is 25.0 Å². The van der Waals surface area contributed by atoms with Gasteiger partial charge in [-0.15, -0.1) is 11.8 Å². The minimum absolute atomic E-state index is 0.0143. The zero-order valence-electron chi connectivity index (χ0n) is 29.8. The Morgan fingerprint density at radius 1 is 1.15 bits per heavy atom. The van der Waals surface area contributed by atoms with Gasteiger partial charge >= 0.3 is 18.0 Å². The van der Waals surface area contributed by atoms with Crippen LogP contribution in [0, 0.1) is 13.8 Å². The number of hydrogen-bond acceptors (Lipinski definition) is 14. The van der Waals surface area contributed by atoms with E-state index < -0.39 is 41.0 Å². The van der Waals surface area contributed by atoms with Gasteiger partial charge in [-0.25, -0.2) is 9.59 Å². The van der Waals surface area contributed by atoms with Crippen molar-refractivity contribution in [3.05, 3.63) is 52.1 Å². The Bertz CT molecular complexity index is 1920. The molecule has 3 saturated heterocycles. The molecule has 15 heteroatoms. The average Bonchev–Trinajstić information content (AvgIpc) is 3.62. The van der Waals surface area contributed by atoms with Gasteiger partial charge in [-0.3, -0.25) is 19.4 Å². The van der Waals surface area contributed by atoms with Gasteiger partial charge in [0.15, 0.2) is 34.9 Å². The predicted molar refractivity (Wildman–Crippen MR) is 186 cm³/mol. The average molecular weight is 736 g/mol. The molecule has 2 aromatic carbocycles. The van der Waals surface area contributed by atoms with Crippen molar-refractivity contribution in [2.24, 2.45) is 0 Å². The summed E-state index contributed by atoms with van der Waals surface area (Å²) in [7, 11) is 3.68. The van der Waals surface area contributed by atoms with Crippen LogP contribution in [0.2, 0.25) is 0 Å². The highest BCUT2D eigenvalue weighted by Gasteiger charge is 2.77. The fourth-order valence-corrected chi connectivity index (χ4v) is 11.3. The largest absolute Gasteiger partial charge is 0.493 e. The fraction of sp³-hybridized carbons (Fsp3) is 0.514. The zero-order valence-corrected chi connectivity index (χ0v) is 30.6. The number of thioether (sulfide) groups is 1. The van der Waals surface area contributed by atoms with Crippen molar-refractivity contribution in [3.8, 4) is 28.7 Å². The van der Waals surface area contributed by atoms with Crippen LogP contribution in [0.3, 0.4) is 0 Å². The van der Waals surface area contributed by atoms with E-state index in [2.05, 4.69) is 41.7 Å². The van der Waals surface area contributed by atoms with Gasteiger partial charge in [-0.1, -0.05) is 18.7 Å². The highest BCUT2D eigenvalue weighted by molar-refractivity contribution is 8.00. The van der Waals surface area contributed by atoms with Gasteiger partial charge in [-0.2, -0.15) is 0 Å². The molecule has 0 aromatic heterocycles. The number of likely N-dealkylation sites (N-methyl/N-ethyl adjacent to an activating group) is 1. The molecular formula is C37H41N3O11S. The van der Waals surface area contributed by atoms with Crippen molar-refractivity contribution in [1.29, 1.82) is 0 Å². The third kappa shape index (κ3) is 4.64. The van der Waals surface area contributed by atoms with Crippen molar-refractivity contribution in [2.75, 3.05) is 39.9 Å². The first-order valence-electron chi connectivity index (χ1n) is 17.3. The van der Waals surface area contributed by atoms with Crippen molar-refractivity contribution in [1.82, 2.24) is 15.1 Å². The molecule has 1 N–H and O–H groups in total. The second-order valence-corrected chi connectivity index (χ2v) is 15.2. The van der Waals surface area contributed by atoms with Crippen molar-refractivity contribution in [3.63, 3.8) is 0 Å². The number of amides is 1. The fourth-order valence-electron chi connectivity index (χ4n) is 9.63. The van der Waals surface area contributed by atoms with Crippen LogP contribution >= 0.6 is 11.8 Å². The summed E-state index contributed by atoms with van der Waals surface area (Å²) in [5.74, 6) is 1.36. The maximum atomic E-state index is 14.3. The lowest BCUT2D eigenvalue weighted by molar-refractivity contribution is -0.171. The van der Waals surface area contributed by atoms with Gasteiger partial charge < -0.3 is 38.5 Å². The van der Waals surface area contributed by atoms with Crippen LogP contribution in [-0.2, 0) is 35.9 Å². The van der Waals surface area contributed by atoms with Gasteiger partial charge in [-0.05, 0) is 45.4 Å². The zero-order chi connectivity index (χ0) is 36.8. The summed E-state index contributed by atoms with van der Waals surface area (Å²) < 4.78 is 42.1. The second-order valence-electron chi connectivity index (χ2n) is 14.0. The second kappa shape index (κ2) is 12.6. The van der Waals surface area contributed by atoms with Crippen LogP contribution in [0.15, 0.2) is 18.7 Å². The third-order valence-electron chi connectivity index (χ3n) is 11.4. The molecule has 0 radical (unpaired) electrons. The number of piperazine rings is 1. The van der Waals surface area contributed by atoms with E-state index in [9.17, 15) is 19.2 Å². The Morgan fingerprint density at radius 3 is 2.63 bits per heavy atom. The van der Waals surface area contributed by atoms with E-state index in [0.717, 1.165) is 28.5 Å². The number of fused-ring (bicyclic) bond motifs is 12. The molecule has 2 bridgehead atoms. The number of carbonyl (C=O) groups excluding carboxylic acids is 4. The number of hydrogen-bond donors (Lipinski definition) is 1. The molecule has 5 heterocycles. The molecule has 276 valence electrons. The van der Waals surface area contributed by atoms with E-state index in [1.807, 2.05) is 6.92 Å².